The summed E-state index contributed by atoms with van der Waals surface area (Å²) in [6, 6.07) is 0. The van der Waals surface area contributed by atoms with Gasteiger partial charge in [-0.3, -0.25) is 0 Å². The van der Waals surface area contributed by atoms with E-state index in [9.17, 15) is 9.59 Å². The summed E-state index contributed by atoms with van der Waals surface area (Å²) in [5, 5.41) is 31.8. The van der Waals surface area contributed by atoms with E-state index in [0.29, 0.717) is 12.5 Å². The Morgan fingerprint density at radius 1 is 0.867 bits per heavy atom. The van der Waals surface area contributed by atoms with Gasteiger partial charge < -0.3 is 20.4 Å². The van der Waals surface area contributed by atoms with Gasteiger partial charge in [0.25, 0.3) is 0 Å². The predicted octanol–water partition coefficient (Wildman–Crippen LogP) is 1.06. The van der Waals surface area contributed by atoms with Crippen LogP contribution in [0, 0.1) is 0 Å². The maximum absolute atomic E-state index is 9.70. The molecule has 0 aliphatic carbocycles. The average molecular weight is 270 g/mol. The van der Waals surface area contributed by atoms with Crippen molar-refractivity contribution in [3.8, 4) is 0 Å². The number of hydrogen-bond acceptors (Lipinski definition) is 4. The van der Waals surface area contributed by atoms with Crippen LogP contribution >= 0.6 is 0 Å². The maximum atomic E-state index is 9.70. The fourth-order valence-corrected chi connectivity index (χ4v) is 0.110. The molecule has 7 heteroatoms. The zero-order valence-corrected chi connectivity index (χ0v) is 11.4. The first-order chi connectivity index (χ1) is 6.36. The third kappa shape index (κ3) is 12.6. The van der Waals surface area contributed by atoms with Gasteiger partial charge >= 0.3 is 11.9 Å². The summed E-state index contributed by atoms with van der Waals surface area (Å²) >= 11 is 0. The molecule has 0 bridgehead atoms. The van der Waals surface area contributed by atoms with E-state index in [1.807, 2.05) is 0 Å². The average Bonchev–Trinajstić information content (AvgIpc) is 2.15. The fraction of sp³-hybridized carbons (Fsp3) is 0.250. The normalized spacial score (nSPS) is 10.5. The second kappa shape index (κ2) is 10.7. The van der Waals surface area contributed by atoms with E-state index >= 15 is 0 Å². The van der Waals surface area contributed by atoms with Crippen LogP contribution in [0.15, 0.2) is 23.7 Å². The van der Waals surface area contributed by atoms with Crippen molar-refractivity contribution in [3.05, 3.63) is 23.7 Å². The zero-order chi connectivity index (χ0) is 11.7. The number of carboxylic acids is 2. The molecule has 0 aliphatic heterocycles. The first kappa shape index (κ1) is 19.3. The van der Waals surface area contributed by atoms with Gasteiger partial charge in [0, 0.05) is 19.5 Å². The minimum Gasteiger partial charge on any atom is -0.515 e. The van der Waals surface area contributed by atoms with Crippen LogP contribution in [-0.2, 0) is 29.1 Å². The molecule has 0 spiro atoms. The molecule has 0 amide bonds. The Kier molecular flexibility index (Phi) is 13.8. The minimum absolute atomic E-state index is 0. The van der Waals surface area contributed by atoms with Crippen LogP contribution in [0.5, 0.6) is 0 Å². The molecule has 15 heavy (non-hydrogen) atoms. The molecule has 0 aromatic heterocycles. The molecule has 0 heterocycles. The first-order valence-electron chi connectivity index (χ1n) is 3.45. The van der Waals surface area contributed by atoms with Crippen LogP contribution in [-0.4, -0.2) is 32.4 Å². The molecule has 0 saturated heterocycles. The predicted molar refractivity (Wildman–Crippen MR) is 48.0 cm³/mol. The van der Waals surface area contributed by atoms with Crippen LogP contribution in [0.1, 0.15) is 13.8 Å². The van der Waals surface area contributed by atoms with E-state index in [1.165, 1.54) is 13.8 Å². The molecule has 0 aromatic carbocycles. The summed E-state index contributed by atoms with van der Waals surface area (Å²) in [4.78, 5) is 19.4. The summed E-state index contributed by atoms with van der Waals surface area (Å²) in [7, 11) is 0. The minimum atomic E-state index is -1.09. The van der Waals surface area contributed by atoms with Gasteiger partial charge in [0.15, 0.2) is 0 Å². The Morgan fingerprint density at radius 2 is 1.07 bits per heavy atom. The van der Waals surface area contributed by atoms with Crippen molar-refractivity contribution in [2.45, 2.75) is 13.8 Å². The number of carboxylic acid groups (broad SMARTS) is 2. The third-order valence-electron chi connectivity index (χ3n) is 1.06. The molecular weight excluding hydrogens is 257 g/mol. The number of aliphatic carboxylic acids is 2. The SMILES string of the molecule is CC(=CO)C(=O)O.CC(=CO)C(=O)O.[Zn]. The largest absolute Gasteiger partial charge is 0.515 e. The summed E-state index contributed by atoms with van der Waals surface area (Å²) in [6.45, 7) is 2.62. The molecule has 0 unspecified atom stereocenters. The van der Waals surface area contributed by atoms with E-state index in [-0.39, 0.29) is 30.6 Å². The van der Waals surface area contributed by atoms with E-state index < -0.39 is 11.9 Å². The third-order valence-corrected chi connectivity index (χ3v) is 1.06. The van der Waals surface area contributed by atoms with Gasteiger partial charge in [-0.15, -0.1) is 0 Å². The van der Waals surface area contributed by atoms with Crippen molar-refractivity contribution < 1.29 is 49.5 Å². The van der Waals surface area contributed by atoms with Gasteiger partial charge in [-0.1, -0.05) is 0 Å². The molecule has 82 valence electrons. The topological polar surface area (TPSA) is 115 Å². The van der Waals surface area contributed by atoms with E-state index in [0.717, 1.165) is 0 Å². The second-order valence-corrected chi connectivity index (χ2v) is 2.23. The standard InChI is InChI=1S/2C4H6O3.Zn/c2*1-3(2-5)4(6)7;/h2*2,5H,1H3,(H,6,7);. The molecule has 4 N–H and O–H groups in total. The summed E-state index contributed by atoms with van der Waals surface area (Å²) < 4.78 is 0. The number of aliphatic hydroxyl groups excluding tert-OH is 2. The van der Waals surface area contributed by atoms with E-state index in [4.69, 9.17) is 20.4 Å². The number of carbonyl (C=O) groups is 2. The molecule has 0 fully saturated rings. The van der Waals surface area contributed by atoms with E-state index in [1.54, 1.807) is 0 Å². The van der Waals surface area contributed by atoms with E-state index in [2.05, 4.69) is 0 Å². The van der Waals surface area contributed by atoms with Crippen molar-refractivity contribution >= 4 is 11.9 Å². The van der Waals surface area contributed by atoms with Crippen molar-refractivity contribution in [2.75, 3.05) is 0 Å². The second-order valence-electron chi connectivity index (χ2n) is 2.23. The first-order valence-corrected chi connectivity index (χ1v) is 3.45. The van der Waals surface area contributed by atoms with Gasteiger partial charge in [-0.2, -0.15) is 0 Å². The van der Waals surface area contributed by atoms with Crippen LogP contribution in [0.25, 0.3) is 0 Å². The Hall–Kier alpha value is -1.36. The van der Waals surface area contributed by atoms with Crippen LogP contribution in [0.2, 0.25) is 0 Å². The van der Waals surface area contributed by atoms with Gasteiger partial charge in [0.05, 0.1) is 23.7 Å². The zero-order valence-electron chi connectivity index (χ0n) is 8.47. The molecule has 0 aromatic rings. The van der Waals surface area contributed by atoms with Gasteiger partial charge in [0.1, 0.15) is 0 Å². The van der Waals surface area contributed by atoms with Gasteiger partial charge in [0.2, 0.25) is 0 Å². The fourth-order valence-electron chi connectivity index (χ4n) is 0.110. The summed E-state index contributed by atoms with van der Waals surface area (Å²) in [5.41, 5.74) is -0.111. The van der Waals surface area contributed by atoms with Gasteiger partial charge in [-0.05, 0) is 13.8 Å². The van der Waals surface area contributed by atoms with Crippen LogP contribution < -0.4 is 0 Å². The molecule has 0 radical (unpaired) electrons. The molecule has 6 nitrogen and oxygen atoms in total. The smallest absolute Gasteiger partial charge is 0.334 e. The van der Waals surface area contributed by atoms with Crippen LogP contribution in [0.4, 0.5) is 0 Å². The monoisotopic (exact) mass is 268 g/mol. The Morgan fingerprint density at radius 3 is 1.07 bits per heavy atom. The number of rotatable bonds is 2. The molecule has 0 saturated carbocycles. The summed E-state index contributed by atoms with van der Waals surface area (Å²) in [5.74, 6) is -2.19. The molecule has 0 rings (SSSR count). The quantitative estimate of drug-likeness (QED) is 0.338. The molecule has 0 atom stereocenters. The van der Waals surface area contributed by atoms with Gasteiger partial charge in [-0.25, -0.2) is 9.59 Å². The number of hydrogen-bond donors (Lipinski definition) is 4. The number of aliphatic hydroxyl groups is 2. The summed E-state index contributed by atoms with van der Waals surface area (Å²) in [6.07, 6.45) is 1.12. The molecule has 0 aliphatic rings. The van der Waals surface area contributed by atoms with Crippen molar-refractivity contribution in [1.82, 2.24) is 0 Å². The van der Waals surface area contributed by atoms with Crippen LogP contribution in [0.3, 0.4) is 0 Å². The maximum Gasteiger partial charge on any atom is 0.334 e. The van der Waals surface area contributed by atoms with Crippen molar-refractivity contribution in [1.29, 1.82) is 0 Å². The Balaban J connectivity index is -0.000000180. The molecular formula is C8H12O6Zn. The Labute approximate surface area is 99.3 Å². The van der Waals surface area contributed by atoms with Crippen molar-refractivity contribution in [2.24, 2.45) is 0 Å². The van der Waals surface area contributed by atoms with Crippen molar-refractivity contribution in [3.63, 3.8) is 0 Å². The Bertz CT molecular complexity index is 240.